The van der Waals surface area contributed by atoms with Gasteiger partial charge in [-0.15, -0.1) is 0 Å². The third-order valence-electron chi connectivity index (χ3n) is 1.67. The number of aromatic nitrogens is 2. The molecule has 0 saturated carbocycles. The highest BCUT2D eigenvalue weighted by molar-refractivity contribution is 14.1. The summed E-state index contributed by atoms with van der Waals surface area (Å²) < 4.78 is 1.03. The van der Waals surface area contributed by atoms with Gasteiger partial charge in [0.1, 0.15) is 0 Å². The van der Waals surface area contributed by atoms with Gasteiger partial charge in [0.15, 0.2) is 0 Å². The van der Waals surface area contributed by atoms with E-state index in [1.165, 1.54) is 0 Å². The van der Waals surface area contributed by atoms with Crippen LogP contribution >= 0.6 is 22.6 Å². The van der Waals surface area contributed by atoms with Crippen molar-refractivity contribution in [3.63, 3.8) is 0 Å². The van der Waals surface area contributed by atoms with Crippen molar-refractivity contribution in [1.82, 2.24) is 9.97 Å². The molecule has 0 atom stereocenters. The van der Waals surface area contributed by atoms with Crippen LogP contribution in [0.25, 0.3) is 0 Å². The van der Waals surface area contributed by atoms with Gasteiger partial charge in [0, 0.05) is 28.0 Å². The highest BCUT2D eigenvalue weighted by atomic mass is 127. The van der Waals surface area contributed by atoms with Crippen LogP contribution in [-0.4, -0.2) is 22.1 Å². The monoisotopic (exact) mass is 306 g/mol. The molecule has 1 aromatic rings. The molecule has 0 aliphatic rings. The Balaban J connectivity index is 2.35. The number of halogens is 1. The zero-order valence-corrected chi connectivity index (χ0v) is 10.6. The molecule has 3 N–H and O–H groups in total. The van der Waals surface area contributed by atoms with Crippen LogP contribution in [0, 0.1) is 3.57 Å². The summed E-state index contributed by atoms with van der Waals surface area (Å²) in [6, 6.07) is 0. The molecule has 0 bridgehead atoms. The number of rotatable bonds is 4. The number of hydrogen-bond donors (Lipinski definition) is 2. The van der Waals surface area contributed by atoms with Crippen LogP contribution in [-0.2, 0) is 0 Å². The molecule has 5 heteroatoms. The molecule has 1 rings (SSSR count). The van der Waals surface area contributed by atoms with Gasteiger partial charge in [-0.25, -0.2) is 9.97 Å². The molecule has 0 saturated heterocycles. The molecule has 0 amide bonds. The van der Waals surface area contributed by atoms with Crippen LogP contribution in [0.5, 0.6) is 0 Å². The second kappa shape index (κ2) is 4.88. The number of nitrogens with one attached hydrogen (secondary N) is 1. The van der Waals surface area contributed by atoms with Crippen molar-refractivity contribution < 1.29 is 0 Å². The first-order valence-electron chi connectivity index (χ1n) is 4.48. The van der Waals surface area contributed by atoms with Gasteiger partial charge in [0.2, 0.25) is 5.95 Å². The minimum absolute atomic E-state index is 0.143. The number of anilines is 1. The maximum Gasteiger partial charge on any atom is 0.222 e. The Hall–Kier alpha value is -0.430. The molecule has 0 aliphatic heterocycles. The first-order chi connectivity index (χ1) is 6.47. The fourth-order valence-electron chi connectivity index (χ4n) is 0.900. The first-order valence-corrected chi connectivity index (χ1v) is 5.55. The summed E-state index contributed by atoms with van der Waals surface area (Å²) in [5.41, 5.74) is 5.70. The summed E-state index contributed by atoms with van der Waals surface area (Å²) in [6.07, 6.45) is 4.45. The van der Waals surface area contributed by atoms with Gasteiger partial charge in [-0.05, 0) is 42.9 Å². The number of hydrogen-bond acceptors (Lipinski definition) is 4. The summed E-state index contributed by atoms with van der Waals surface area (Å²) in [5.74, 6) is 0.662. The van der Waals surface area contributed by atoms with E-state index in [1.54, 1.807) is 12.4 Å². The Morgan fingerprint density at radius 3 is 2.50 bits per heavy atom. The molecule has 0 spiro atoms. The molecular weight excluding hydrogens is 291 g/mol. The van der Waals surface area contributed by atoms with Crippen molar-refractivity contribution >= 4 is 28.5 Å². The lowest BCUT2D eigenvalue weighted by Gasteiger charge is -2.18. The quantitative estimate of drug-likeness (QED) is 0.830. The van der Waals surface area contributed by atoms with E-state index in [4.69, 9.17) is 5.73 Å². The fraction of sp³-hybridized carbons (Fsp3) is 0.556. The van der Waals surface area contributed by atoms with E-state index >= 15 is 0 Å². The molecule has 0 fully saturated rings. The summed E-state index contributed by atoms with van der Waals surface area (Å²) >= 11 is 2.17. The molecule has 0 aromatic carbocycles. The molecule has 0 radical (unpaired) electrons. The average molecular weight is 306 g/mol. The van der Waals surface area contributed by atoms with Crippen LogP contribution in [0.3, 0.4) is 0 Å². The van der Waals surface area contributed by atoms with Gasteiger partial charge in [0.25, 0.3) is 0 Å². The van der Waals surface area contributed by atoms with Crippen LogP contribution in [0.4, 0.5) is 5.95 Å². The maximum atomic E-state index is 5.84. The SMILES string of the molecule is CC(C)(N)CCNc1ncc(I)cn1. The fourth-order valence-corrected chi connectivity index (χ4v) is 1.18. The lowest BCUT2D eigenvalue weighted by atomic mass is 10.0. The topological polar surface area (TPSA) is 63.8 Å². The predicted octanol–water partition coefficient (Wildman–Crippen LogP) is 1.62. The zero-order valence-electron chi connectivity index (χ0n) is 8.42. The van der Waals surface area contributed by atoms with Gasteiger partial charge >= 0.3 is 0 Å². The van der Waals surface area contributed by atoms with Gasteiger partial charge in [0.05, 0.1) is 0 Å². The van der Waals surface area contributed by atoms with Crippen LogP contribution in [0.1, 0.15) is 20.3 Å². The van der Waals surface area contributed by atoms with E-state index in [0.717, 1.165) is 16.5 Å². The Labute approximate surface area is 97.8 Å². The Bertz CT molecular complexity index is 278. The Morgan fingerprint density at radius 1 is 1.43 bits per heavy atom. The number of nitrogens with two attached hydrogens (primary N) is 1. The number of nitrogens with zero attached hydrogens (tertiary/aromatic N) is 2. The Kier molecular flexibility index (Phi) is 4.06. The van der Waals surface area contributed by atoms with E-state index in [9.17, 15) is 0 Å². The van der Waals surface area contributed by atoms with Gasteiger partial charge in [-0.1, -0.05) is 0 Å². The van der Waals surface area contributed by atoms with E-state index in [0.29, 0.717) is 5.95 Å². The smallest absolute Gasteiger partial charge is 0.222 e. The van der Waals surface area contributed by atoms with E-state index < -0.39 is 0 Å². The normalized spacial score (nSPS) is 11.4. The highest BCUT2D eigenvalue weighted by Gasteiger charge is 2.09. The van der Waals surface area contributed by atoms with Gasteiger partial charge in [-0.2, -0.15) is 0 Å². The summed E-state index contributed by atoms with van der Waals surface area (Å²) in [5, 5.41) is 3.12. The zero-order chi connectivity index (χ0) is 10.6. The van der Waals surface area contributed by atoms with Crippen LogP contribution in [0.2, 0.25) is 0 Å². The lowest BCUT2D eigenvalue weighted by molar-refractivity contribution is 0.490. The molecule has 14 heavy (non-hydrogen) atoms. The minimum Gasteiger partial charge on any atom is -0.354 e. The van der Waals surface area contributed by atoms with Crippen molar-refractivity contribution in [2.75, 3.05) is 11.9 Å². The molecule has 0 aliphatic carbocycles. The molecule has 1 aromatic heterocycles. The molecule has 78 valence electrons. The molecule has 4 nitrogen and oxygen atoms in total. The second-order valence-electron chi connectivity index (χ2n) is 3.89. The highest BCUT2D eigenvalue weighted by Crippen LogP contribution is 2.05. The second-order valence-corrected chi connectivity index (χ2v) is 5.14. The summed E-state index contributed by atoms with van der Waals surface area (Å²) in [6.45, 7) is 4.80. The third-order valence-corrected chi connectivity index (χ3v) is 2.23. The van der Waals surface area contributed by atoms with Crippen molar-refractivity contribution in [3.05, 3.63) is 16.0 Å². The van der Waals surface area contributed by atoms with Crippen molar-refractivity contribution in [2.45, 2.75) is 25.8 Å². The summed E-state index contributed by atoms with van der Waals surface area (Å²) in [4.78, 5) is 8.25. The Morgan fingerprint density at radius 2 is 2.00 bits per heavy atom. The van der Waals surface area contributed by atoms with Gasteiger partial charge < -0.3 is 11.1 Å². The van der Waals surface area contributed by atoms with E-state index in [-0.39, 0.29) is 5.54 Å². The predicted molar refractivity (Wildman–Crippen MR) is 66.1 cm³/mol. The lowest BCUT2D eigenvalue weighted by Crippen LogP contribution is -2.34. The average Bonchev–Trinajstić information content (AvgIpc) is 2.06. The minimum atomic E-state index is -0.143. The first kappa shape index (κ1) is 11.6. The molecule has 0 unspecified atom stereocenters. The van der Waals surface area contributed by atoms with E-state index in [1.807, 2.05) is 13.8 Å². The van der Waals surface area contributed by atoms with E-state index in [2.05, 4.69) is 37.9 Å². The molecular formula is C9H15IN4. The maximum absolute atomic E-state index is 5.84. The van der Waals surface area contributed by atoms with Crippen LogP contribution < -0.4 is 11.1 Å². The van der Waals surface area contributed by atoms with Crippen molar-refractivity contribution in [3.8, 4) is 0 Å². The van der Waals surface area contributed by atoms with Crippen molar-refractivity contribution in [2.24, 2.45) is 5.73 Å². The van der Waals surface area contributed by atoms with Crippen molar-refractivity contribution in [1.29, 1.82) is 0 Å². The largest absolute Gasteiger partial charge is 0.354 e. The van der Waals surface area contributed by atoms with Crippen LogP contribution in [0.15, 0.2) is 12.4 Å². The summed E-state index contributed by atoms with van der Waals surface area (Å²) in [7, 11) is 0. The standard InChI is InChI=1S/C9H15IN4/c1-9(2,11)3-4-12-8-13-5-7(10)6-14-8/h5-6H,3-4,11H2,1-2H3,(H,12,13,14). The molecule has 1 heterocycles. The third kappa shape index (κ3) is 4.71. The van der Waals surface area contributed by atoms with Gasteiger partial charge in [-0.3, -0.25) is 0 Å².